The predicted octanol–water partition coefficient (Wildman–Crippen LogP) is -3.18. The van der Waals surface area contributed by atoms with Crippen molar-refractivity contribution in [2.24, 2.45) is 0 Å². The van der Waals surface area contributed by atoms with Crippen molar-refractivity contribution in [3.63, 3.8) is 0 Å². The maximum atomic E-state index is 13.7. The van der Waals surface area contributed by atoms with E-state index in [4.69, 9.17) is 9.47 Å². The van der Waals surface area contributed by atoms with E-state index in [1.807, 2.05) is 35.2 Å². The third-order valence-electron chi connectivity index (χ3n) is 8.56. The zero-order valence-corrected chi connectivity index (χ0v) is 28.6. The number of amides is 4. The molecule has 4 rings (SSSR count). The van der Waals surface area contributed by atoms with Crippen LogP contribution in [0.25, 0.3) is 0 Å². The average Bonchev–Trinajstić information content (AvgIpc) is 3.87. The van der Waals surface area contributed by atoms with Crippen molar-refractivity contribution in [2.45, 2.75) is 74.6 Å². The summed E-state index contributed by atoms with van der Waals surface area (Å²) in [7, 11) is 0. The highest BCUT2D eigenvalue weighted by Crippen LogP contribution is 2.26. The fourth-order valence-corrected chi connectivity index (χ4v) is 5.67. The van der Waals surface area contributed by atoms with Gasteiger partial charge in [0.1, 0.15) is 24.7 Å². The van der Waals surface area contributed by atoms with Crippen molar-refractivity contribution in [2.75, 3.05) is 39.5 Å². The molecule has 0 aromatic heterocycles. The van der Waals surface area contributed by atoms with Gasteiger partial charge in [0, 0.05) is 32.4 Å². The van der Waals surface area contributed by atoms with Crippen LogP contribution < -0.4 is 21.3 Å². The molecule has 284 valence electrons. The molecule has 0 bridgehead atoms. The zero-order chi connectivity index (χ0) is 37.7. The number of hydrogen-bond acceptors (Lipinski definition) is 13. The van der Waals surface area contributed by atoms with Gasteiger partial charge in [0.15, 0.2) is 12.6 Å². The molecule has 2 aromatic rings. The lowest BCUT2D eigenvalue weighted by Gasteiger charge is -2.28. The quantitative estimate of drug-likeness (QED) is 0.0482. The normalized spacial score (nSPS) is 19.6. The molecule has 0 saturated carbocycles. The fraction of sp³-hybridized carbons (Fsp3) is 0.514. The highest BCUT2D eigenvalue weighted by Gasteiger charge is 2.53. The number of benzene rings is 2. The summed E-state index contributed by atoms with van der Waals surface area (Å²) in [5.41, 5.74) is 1.47. The first-order valence-electron chi connectivity index (χ1n) is 17.0. The standard InChI is InChI=1S/C35H47N5O12/c41-28(20-40-13-15-51-16-14-40)36-24(12-11-22-7-3-1-4-8-22)32(47)39-27(19-30(44)45)34(49)38-26(17-23-9-5-2-6-10-23)33(48)37-25(18-29(42)43)31(46)35(50)21-52-35/h1-10,24-27,29-30,42-45,50H,11-21H2,(H,36,41)(H,37,48)(H,38,49)(H,39,47)/t24-,25-,26-,27-,35+/m0/s1. The van der Waals surface area contributed by atoms with Gasteiger partial charge < -0.3 is 56.3 Å². The summed E-state index contributed by atoms with van der Waals surface area (Å²) in [6.07, 6.45) is -5.11. The minimum Gasteiger partial charge on any atom is -0.379 e. The van der Waals surface area contributed by atoms with Crippen molar-refractivity contribution in [1.29, 1.82) is 0 Å². The van der Waals surface area contributed by atoms with Gasteiger partial charge in [0.2, 0.25) is 29.4 Å². The van der Waals surface area contributed by atoms with Crippen LogP contribution >= 0.6 is 0 Å². The number of aliphatic hydroxyl groups is 5. The van der Waals surface area contributed by atoms with Crippen LogP contribution in [0.2, 0.25) is 0 Å². The van der Waals surface area contributed by atoms with Gasteiger partial charge >= 0.3 is 0 Å². The number of aryl methyl sites for hydroxylation is 1. The molecule has 17 nitrogen and oxygen atoms in total. The molecule has 2 saturated heterocycles. The second kappa shape index (κ2) is 19.5. The molecule has 2 aromatic carbocycles. The number of carbonyl (C=O) groups is 5. The minimum absolute atomic E-state index is 0.00829. The second-order valence-electron chi connectivity index (χ2n) is 12.8. The Kier molecular flexibility index (Phi) is 15.2. The summed E-state index contributed by atoms with van der Waals surface area (Å²) < 4.78 is 10.1. The number of nitrogens with zero attached hydrogens (tertiary/aromatic N) is 1. The molecule has 52 heavy (non-hydrogen) atoms. The molecule has 17 heteroatoms. The second-order valence-corrected chi connectivity index (χ2v) is 12.8. The Bertz CT molecular complexity index is 1490. The SMILES string of the molecule is O=C(CN1CCOCC1)N[C@@H](CCc1ccccc1)C(=O)N[C@@H](CC(O)O)C(=O)N[C@@H](Cc1ccccc1)C(=O)N[C@@H](CC(O)O)C(=O)[C@@]1(O)CO1. The van der Waals surface area contributed by atoms with E-state index in [9.17, 15) is 49.5 Å². The maximum absolute atomic E-state index is 13.7. The number of carbonyl (C=O) groups excluding carboxylic acids is 5. The molecule has 9 N–H and O–H groups in total. The van der Waals surface area contributed by atoms with Crippen LogP contribution in [0.4, 0.5) is 0 Å². The molecule has 2 heterocycles. The third kappa shape index (κ3) is 13.0. The summed E-state index contributed by atoms with van der Waals surface area (Å²) in [6, 6.07) is 11.9. The number of morpholine rings is 1. The topological polar surface area (TPSA) is 260 Å². The van der Waals surface area contributed by atoms with Crippen LogP contribution in [0.15, 0.2) is 60.7 Å². The van der Waals surface area contributed by atoms with Crippen molar-refractivity contribution in [1.82, 2.24) is 26.2 Å². The Balaban J connectivity index is 1.51. The first-order valence-corrected chi connectivity index (χ1v) is 17.0. The Morgan fingerprint density at radius 3 is 1.77 bits per heavy atom. The van der Waals surface area contributed by atoms with E-state index >= 15 is 0 Å². The van der Waals surface area contributed by atoms with Gasteiger partial charge in [-0.3, -0.25) is 28.9 Å². The van der Waals surface area contributed by atoms with Gasteiger partial charge in [-0.05, 0) is 24.0 Å². The molecule has 2 aliphatic rings. The third-order valence-corrected chi connectivity index (χ3v) is 8.56. The van der Waals surface area contributed by atoms with Gasteiger partial charge in [0.25, 0.3) is 5.79 Å². The molecular weight excluding hydrogens is 682 g/mol. The van der Waals surface area contributed by atoms with Crippen molar-refractivity contribution >= 4 is 29.4 Å². The number of aliphatic hydroxyl groups excluding tert-OH is 2. The van der Waals surface area contributed by atoms with Crippen LogP contribution in [0.3, 0.4) is 0 Å². The molecule has 2 aliphatic heterocycles. The molecule has 5 atom stereocenters. The first kappa shape index (κ1) is 40.4. The van der Waals surface area contributed by atoms with Crippen molar-refractivity contribution in [3.05, 3.63) is 71.8 Å². The van der Waals surface area contributed by atoms with E-state index < -0.39 is 84.8 Å². The van der Waals surface area contributed by atoms with Crippen molar-refractivity contribution < 1.29 is 59.0 Å². The largest absolute Gasteiger partial charge is 0.379 e. The minimum atomic E-state index is -2.20. The molecule has 4 amide bonds. The van der Waals surface area contributed by atoms with Gasteiger partial charge in [0.05, 0.1) is 25.8 Å². The summed E-state index contributed by atoms with van der Waals surface area (Å²) >= 11 is 0. The number of hydrogen-bond donors (Lipinski definition) is 9. The van der Waals surface area contributed by atoms with Crippen LogP contribution in [0.1, 0.15) is 30.4 Å². The number of epoxide rings is 1. The lowest BCUT2D eigenvalue weighted by atomic mass is 10.0. The Morgan fingerprint density at radius 1 is 0.692 bits per heavy atom. The summed E-state index contributed by atoms with van der Waals surface area (Å²) in [5, 5.41) is 59.1. The molecule has 0 aliphatic carbocycles. The Labute approximate surface area is 300 Å². The molecule has 0 unspecified atom stereocenters. The van der Waals surface area contributed by atoms with Gasteiger partial charge in [-0.15, -0.1) is 0 Å². The van der Waals surface area contributed by atoms with Crippen LogP contribution in [0, 0.1) is 0 Å². The highest BCUT2D eigenvalue weighted by molar-refractivity contribution is 5.98. The molecule has 0 radical (unpaired) electrons. The molecule has 0 spiro atoms. The number of nitrogens with one attached hydrogen (secondary N) is 4. The lowest BCUT2D eigenvalue weighted by molar-refractivity contribution is -0.144. The summed E-state index contributed by atoms with van der Waals surface area (Å²) in [4.78, 5) is 68.8. The number of Topliss-reactive ketones (excluding diaryl/α,β-unsaturated/α-hetero) is 1. The van der Waals surface area contributed by atoms with Crippen LogP contribution in [0.5, 0.6) is 0 Å². The Morgan fingerprint density at radius 2 is 1.19 bits per heavy atom. The van der Waals surface area contributed by atoms with Crippen molar-refractivity contribution in [3.8, 4) is 0 Å². The molecule has 2 fully saturated rings. The van der Waals surface area contributed by atoms with Crippen LogP contribution in [-0.2, 0) is 46.3 Å². The smallest absolute Gasteiger partial charge is 0.253 e. The van der Waals surface area contributed by atoms with Gasteiger partial charge in [-0.25, -0.2) is 0 Å². The summed E-state index contributed by atoms with van der Waals surface area (Å²) in [5.74, 6) is -6.39. The van der Waals surface area contributed by atoms with Gasteiger partial charge in [-0.2, -0.15) is 0 Å². The number of rotatable bonds is 20. The van der Waals surface area contributed by atoms with E-state index in [2.05, 4.69) is 21.3 Å². The van der Waals surface area contributed by atoms with E-state index in [0.717, 1.165) is 5.56 Å². The number of ether oxygens (including phenoxy) is 2. The fourth-order valence-electron chi connectivity index (χ4n) is 5.67. The molecular formula is C35H47N5O12. The van der Waals surface area contributed by atoms with E-state index in [1.54, 1.807) is 30.3 Å². The van der Waals surface area contributed by atoms with Gasteiger partial charge in [-0.1, -0.05) is 60.7 Å². The first-order chi connectivity index (χ1) is 24.8. The van der Waals surface area contributed by atoms with Crippen LogP contribution in [-0.4, -0.2) is 142 Å². The van der Waals surface area contributed by atoms with E-state index in [0.29, 0.717) is 38.3 Å². The summed E-state index contributed by atoms with van der Waals surface area (Å²) in [6.45, 7) is 1.65. The van der Waals surface area contributed by atoms with E-state index in [-0.39, 0.29) is 26.0 Å². The van der Waals surface area contributed by atoms with E-state index in [1.165, 1.54) is 0 Å². The highest BCUT2D eigenvalue weighted by atomic mass is 16.7. The predicted molar refractivity (Wildman–Crippen MR) is 181 cm³/mol. The lowest BCUT2D eigenvalue weighted by Crippen LogP contribution is -2.59. The Hall–Kier alpha value is -4.33. The number of ketones is 1. The average molecular weight is 730 g/mol. The zero-order valence-electron chi connectivity index (χ0n) is 28.6. The maximum Gasteiger partial charge on any atom is 0.253 e. The monoisotopic (exact) mass is 729 g/mol.